The number of carbonyl (C=O) groups is 2. The highest BCUT2D eigenvalue weighted by molar-refractivity contribution is 5.94. The van der Waals surface area contributed by atoms with E-state index in [4.69, 9.17) is 0 Å². The number of piperazine rings is 1. The molecule has 8 heteroatoms. The van der Waals surface area contributed by atoms with Crippen LogP contribution in [0.15, 0.2) is 72.8 Å². The van der Waals surface area contributed by atoms with Crippen molar-refractivity contribution in [2.24, 2.45) is 0 Å². The molecule has 0 aromatic heterocycles. The van der Waals surface area contributed by atoms with E-state index in [1.54, 1.807) is 4.90 Å². The number of urea groups is 1. The number of nitrogens with zero attached hydrogens (tertiary/aromatic N) is 2. The molecule has 184 valence electrons. The lowest BCUT2D eigenvalue weighted by atomic mass is 9.73. The Morgan fingerprint density at radius 2 is 1.69 bits per heavy atom. The third-order valence-electron chi connectivity index (χ3n) is 6.80. The van der Waals surface area contributed by atoms with E-state index in [-0.39, 0.29) is 49.3 Å². The Morgan fingerprint density at radius 3 is 2.39 bits per heavy atom. The lowest BCUT2D eigenvalue weighted by Gasteiger charge is -2.58. The molecule has 0 saturated carbocycles. The highest BCUT2D eigenvalue weighted by Crippen LogP contribution is 2.43. The first kappa shape index (κ1) is 23.7. The molecule has 2 heterocycles. The van der Waals surface area contributed by atoms with Crippen molar-refractivity contribution in [3.05, 3.63) is 101 Å². The molecule has 3 amide bonds. The summed E-state index contributed by atoms with van der Waals surface area (Å²) in [5, 5.41) is 12.4. The Bertz CT molecular complexity index is 1300. The van der Waals surface area contributed by atoms with Crippen molar-refractivity contribution < 1.29 is 23.5 Å². The fraction of sp³-hybridized carbons (Fsp3) is 0.214. The first-order valence-electron chi connectivity index (χ1n) is 11.7. The molecule has 0 radical (unpaired) electrons. The van der Waals surface area contributed by atoms with Crippen molar-refractivity contribution in [1.29, 1.82) is 0 Å². The molecule has 5 rings (SSSR count). The zero-order chi connectivity index (χ0) is 25.2. The molecule has 3 aromatic rings. The molecule has 0 bridgehead atoms. The number of anilines is 1. The number of amides is 3. The number of aliphatic hydroxyl groups excluding tert-OH is 1. The van der Waals surface area contributed by atoms with Crippen LogP contribution in [0.1, 0.15) is 22.6 Å². The summed E-state index contributed by atoms with van der Waals surface area (Å²) in [5.41, 5.74) is 2.77. The summed E-state index contributed by atoms with van der Waals surface area (Å²) in [7, 11) is 0. The second kappa shape index (κ2) is 9.91. The van der Waals surface area contributed by atoms with Gasteiger partial charge in [-0.2, -0.15) is 0 Å². The summed E-state index contributed by atoms with van der Waals surface area (Å²) in [6, 6.07) is 19.3. The number of nitrogens with one attached hydrogen (secondary N) is 1. The van der Waals surface area contributed by atoms with Gasteiger partial charge in [0.1, 0.15) is 18.2 Å². The molecule has 6 nitrogen and oxygen atoms in total. The number of hydrogen-bond donors (Lipinski definition) is 2. The van der Waals surface area contributed by atoms with Crippen molar-refractivity contribution in [2.75, 3.05) is 25.0 Å². The number of carbonyl (C=O) groups excluding carboxylic acids is 2. The van der Waals surface area contributed by atoms with Gasteiger partial charge in [-0.1, -0.05) is 66.7 Å². The molecule has 2 N–H and O–H groups in total. The van der Waals surface area contributed by atoms with Gasteiger partial charge >= 0.3 is 6.03 Å². The number of aliphatic hydroxyl groups is 1. The van der Waals surface area contributed by atoms with E-state index in [1.165, 1.54) is 4.90 Å². The largest absolute Gasteiger partial charge is 0.394 e. The van der Waals surface area contributed by atoms with Crippen molar-refractivity contribution in [3.63, 3.8) is 0 Å². The second-order valence-electron chi connectivity index (χ2n) is 8.99. The zero-order valence-corrected chi connectivity index (χ0v) is 19.4. The lowest BCUT2D eigenvalue weighted by Crippen LogP contribution is -2.73. The van der Waals surface area contributed by atoms with E-state index < -0.39 is 17.7 Å². The summed E-state index contributed by atoms with van der Waals surface area (Å²) in [5.74, 6) is -1.90. The van der Waals surface area contributed by atoms with Crippen LogP contribution in [0.25, 0.3) is 12.2 Å². The zero-order valence-electron chi connectivity index (χ0n) is 19.4. The monoisotopic (exact) mass is 489 g/mol. The maximum Gasteiger partial charge on any atom is 0.322 e. The van der Waals surface area contributed by atoms with Crippen molar-refractivity contribution in [3.8, 4) is 0 Å². The van der Waals surface area contributed by atoms with E-state index in [2.05, 4.69) is 5.32 Å². The summed E-state index contributed by atoms with van der Waals surface area (Å²) >= 11 is 0. The Labute approximate surface area is 207 Å². The molecule has 3 aromatic carbocycles. The molecule has 2 aliphatic heterocycles. The Balaban J connectivity index is 1.31. The fourth-order valence-electron chi connectivity index (χ4n) is 5.03. The predicted octanol–water partition coefficient (Wildman–Crippen LogP) is 4.34. The molecular weight excluding hydrogens is 464 g/mol. The summed E-state index contributed by atoms with van der Waals surface area (Å²) in [4.78, 5) is 28.5. The van der Waals surface area contributed by atoms with E-state index in [0.717, 1.165) is 34.9 Å². The SMILES string of the molecule is O=C(Nc1cc(F)ccc1F)N1CC(=O)N2[C@@H](CO)[C@H](c3ccc(/C=C/c4ccccc4)cc3)[C@@H]2C1. The van der Waals surface area contributed by atoms with Crippen LogP contribution in [0, 0.1) is 11.6 Å². The van der Waals surface area contributed by atoms with Crippen LogP contribution in [0.4, 0.5) is 19.3 Å². The quantitative estimate of drug-likeness (QED) is 0.524. The number of rotatable bonds is 5. The van der Waals surface area contributed by atoms with Crippen LogP contribution in [-0.4, -0.2) is 58.6 Å². The molecule has 3 atom stereocenters. The molecule has 36 heavy (non-hydrogen) atoms. The van der Waals surface area contributed by atoms with Gasteiger partial charge in [-0.3, -0.25) is 4.79 Å². The van der Waals surface area contributed by atoms with E-state index in [1.807, 2.05) is 66.7 Å². The Hall–Kier alpha value is -4.04. The van der Waals surface area contributed by atoms with Gasteiger partial charge < -0.3 is 20.2 Å². The standard InChI is InChI=1S/C28H25F2N3O3/c29-21-12-13-22(30)23(14-21)31-28(36)32-15-24-27(25(17-34)33(24)26(35)16-32)20-10-8-19(9-11-20)7-6-18-4-2-1-3-5-18/h1-14,24-25,27,34H,15-17H2,(H,31,36)/b7-6+/t24-,25-,27+/m0/s1. The molecule has 0 aliphatic carbocycles. The van der Waals surface area contributed by atoms with Gasteiger partial charge in [0, 0.05) is 18.5 Å². The van der Waals surface area contributed by atoms with Gasteiger partial charge in [0.05, 0.1) is 24.4 Å². The van der Waals surface area contributed by atoms with Crippen LogP contribution in [0.2, 0.25) is 0 Å². The van der Waals surface area contributed by atoms with Crippen LogP contribution in [-0.2, 0) is 4.79 Å². The highest BCUT2D eigenvalue weighted by atomic mass is 19.1. The topological polar surface area (TPSA) is 72.9 Å². The molecule has 0 unspecified atom stereocenters. The number of halogens is 2. The van der Waals surface area contributed by atoms with Crippen LogP contribution >= 0.6 is 0 Å². The maximum absolute atomic E-state index is 14.0. The average Bonchev–Trinajstić information content (AvgIpc) is 2.87. The Kier molecular flexibility index (Phi) is 6.52. The molecule has 2 saturated heterocycles. The van der Waals surface area contributed by atoms with Gasteiger partial charge in [-0.05, 0) is 28.8 Å². The average molecular weight is 490 g/mol. The smallest absolute Gasteiger partial charge is 0.322 e. The van der Waals surface area contributed by atoms with E-state index in [0.29, 0.717) is 0 Å². The van der Waals surface area contributed by atoms with Gasteiger partial charge in [-0.15, -0.1) is 0 Å². The number of fused-ring (bicyclic) bond motifs is 1. The minimum atomic E-state index is -0.766. The second-order valence-corrected chi connectivity index (χ2v) is 8.99. The Morgan fingerprint density at radius 1 is 1.00 bits per heavy atom. The number of benzene rings is 3. The van der Waals surface area contributed by atoms with Crippen molar-refractivity contribution >= 4 is 29.8 Å². The fourth-order valence-corrected chi connectivity index (χ4v) is 5.03. The summed E-state index contributed by atoms with van der Waals surface area (Å²) in [6.45, 7) is -0.180. The van der Waals surface area contributed by atoms with Gasteiger partial charge in [0.2, 0.25) is 5.91 Å². The minimum absolute atomic E-state index is 0.160. The summed E-state index contributed by atoms with van der Waals surface area (Å²) < 4.78 is 27.5. The molecule has 2 aliphatic rings. The predicted molar refractivity (Wildman–Crippen MR) is 133 cm³/mol. The third-order valence-corrected chi connectivity index (χ3v) is 6.80. The van der Waals surface area contributed by atoms with E-state index >= 15 is 0 Å². The highest BCUT2D eigenvalue weighted by Gasteiger charge is 2.54. The maximum atomic E-state index is 14.0. The van der Waals surface area contributed by atoms with Crippen LogP contribution in [0.5, 0.6) is 0 Å². The first-order chi connectivity index (χ1) is 17.4. The van der Waals surface area contributed by atoms with Gasteiger partial charge in [-0.25, -0.2) is 13.6 Å². The van der Waals surface area contributed by atoms with Crippen molar-refractivity contribution in [1.82, 2.24) is 9.80 Å². The van der Waals surface area contributed by atoms with Gasteiger partial charge in [0.25, 0.3) is 0 Å². The normalized spacial score (nSPS) is 21.3. The first-order valence-corrected chi connectivity index (χ1v) is 11.7. The van der Waals surface area contributed by atoms with Crippen LogP contribution in [0.3, 0.4) is 0 Å². The minimum Gasteiger partial charge on any atom is -0.394 e. The summed E-state index contributed by atoms with van der Waals surface area (Å²) in [6.07, 6.45) is 4.03. The van der Waals surface area contributed by atoms with Crippen molar-refractivity contribution in [2.45, 2.75) is 18.0 Å². The van der Waals surface area contributed by atoms with Crippen LogP contribution < -0.4 is 5.32 Å². The van der Waals surface area contributed by atoms with E-state index in [9.17, 15) is 23.5 Å². The molecule has 0 spiro atoms. The molecule has 2 fully saturated rings. The molecular formula is C28H25F2N3O3. The number of hydrogen-bond acceptors (Lipinski definition) is 3. The van der Waals surface area contributed by atoms with Gasteiger partial charge in [0.15, 0.2) is 0 Å². The third kappa shape index (κ3) is 4.59. The lowest BCUT2D eigenvalue weighted by molar-refractivity contribution is -0.159.